The van der Waals surface area contributed by atoms with Crippen LogP contribution in [0.2, 0.25) is 0 Å². The summed E-state index contributed by atoms with van der Waals surface area (Å²) in [7, 11) is 0. The lowest BCUT2D eigenvalue weighted by atomic mass is 10.0. The van der Waals surface area contributed by atoms with Crippen LogP contribution in [-0.4, -0.2) is 43.2 Å². The monoisotopic (exact) mass is 491 g/mol. The van der Waals surface area contributed by atoms with Crippen LogP contribution in [0.1, 0.15) is 47.3 Å². The fourth-order valence-electron chi connectivity index (χ4n) is 4.07. The first-order valence-electron chi connectivity index (χ1n) is 10.4. The minimum absolute atomic E-state index is 0.00587. The summed E-state index contributed by atoms with van der Waals surface area (Å²) in [5, 5.41) is 19.3. The number of pyridine rings is 1. The molecular formula is C23H18F5N5O2. The highest BCUT2D eigenvalue weighted by molar-refractivity contribution is 5.95. The molecular weight excluding hydrogens is 473 g/mol. The Bertz CT molecular complexity index is 1360. The number of carbonyl (C=O) groups is 1. The van der Waals surface area contributed by atoms with Crippen LogP contribution >= 0.6 is 0 Å². The maximum atomic E-state index is 14.6. The average Bonchev–Trinajstić information content (AvgIpc) is 3.24. The van der Waals surface area contributed by atoms with Gasteiger partial charge in [-0.3, -0.25) is 9.78 Å². The van der Waals surface area contributed by atoms with Gasteiger partial charge in [-0.15, -0.1) is 0 Å². The highest BCUT2D eigenvalue weighted by Crippen LogP contribution is 2.40. The van der Waals surface area contributed by atoms with Crippen LogP contribution in [0.25, 0.3) is 11.3 Å². The van der Waals surface area contributed by atoms with E-state index in [2.05, 4.69) is 9.97 Å². The summed E-state index contributed by atoms with van der Waals surface area (Å²) in [5.41, 5.74) is -3.38. The molecule has 12 heteroatoms. The van der Waals surface area contributed by atoms with Crippen LogP contribution in [-0.2, 0) is 12.1 Å². The molecule has 0 fully saturated rings. The number of hydrogen-bond donors (Lipinski definition) is 1. The number of amides is 1. The van der Waals surface area contributed by atoms with Crippen molar-refractivity contribution in [3.05, 3.63) is 70.9 Å². The Labute approximate surface area is 196 Å². The third kappa shape index (κ3) is 4.12. The van der Waals surface area contributed by atoms with Crippen LogP contribution < -0.4 is 0 Å². The number of aliphatic hydroxyl groups is 1. The highest BCUT2D eigenvalue weighted by atomic mass is 19.4. The summed E-state index contributed by atoms with van der Waals surface area (Å²) in [6.07, 6.45) is -2.96. The van der Waals surface area contributed by atoms with E-state index in [1.165, 1.54) is 27.8 Å². The van der Waals surface area contributed by atoms with Crippen molar-refractivity contribution in [2.24, 2.45) is 0 Å². The Balaban J connectivity index is 1.67. The molecule has 2 atom stereocenters. The van der Waals surface area contributed by atoms with E-state index in [1.54, 1.807) is 13.0 Å². The SMILES string of the molecule is C[C@H]1CN(C(=O)c2ccc(F)c(-c3ncc(F)cc3C#N)c2)Cc2cnc(C(C)(O)C(F)(F)F)n21. The number of aromatic nitrogens is 3. The molecule has 1 aromatic carbocycles. The molecule has 3 aromatic rings. The first-order chi connectivity index (χ1) is 16.3. The van der Waals surface area contributed by atoms with Crippen molar-refractivity contribution < 1.29 is 31.9 Å². The molecule has 3 heterocycles. The van der Waals surface area contributed by atoms with E-state index >= 15 is 0 Å². The molecule has 35 heavy (non-hydrogen) atoms. The zero-order chi connectivity index (χ0) is 25.7. The molecule has 1 N–H and O–H groups in total. The Morgan fingerprint density at radius 1 is 1.20 bits per heavy atom. The number of nitriles is 1. The van der Waals surface area contributed by atoms with Crippen LogP contribution in [0, 0.1) is 23.0 Å². The van der Waals surface area contributed by atoms with E-state index in [0.29, 0.717) is 6.92 Å². The van der Waals surface area contributed by atoms with Crippen molar-refractivity contribution in [3.8, 4) is 17.3 Å². The molecule has 1 amide bonds. The lowest BCUT2D eigenvalue weighted by Crippen LogP contribution is -2.45. The van der Waals surface area contributed by atoms with E-state index in [-0.39, 0.29) is 41.2 Å². The second kappa shape index (κ2) is 8.42. The predicted molar refractivity (Wildman–Crippen MR) is 112 cm³/mol. The van der Waals surface area contributed by atoms with Gasteiger partial charge in [0.05, 0.1) is 41.9 Å². The van der Waals surface area contributed by atoms with Gasteiger partial charge in [0.25, 0.3) is 5.91 Å². The number of halogens is 5. The van der Waals surface area contributed by atoms with E-state index in [4.69, 9.17) is 0 Å². The van der Waals surface area contributed by atoms with E-state index < -0.39 is 41.2 Å². The third-order valence-corrected chi connectivity index (χ3v) is 5.87. The van der Waals surface area contributed by atoms with Gasteiger partial charge in [0, 0.05) is 17.7 Å². The molecule has 7 nitrogen and oxygen atoms in total. The van der Waals surface area contributed by atoms with Crippen LogP contribution in [0.4, 0.5) is 22.0 Å². The summed E-state index contributed by atoms with van der Waals surface area (Å²) >= 11 is 0. The number of imidazole rings is 1. The Morgan fingerprint density at radius 2 is 1.91 bits per heavy atom. The smallest absolute Gasteiger partial charge is 0.374 e. The van der Waals surface area contributed by atoms with Crippen molar-refractivity contribution in [2.75, 3.05) is 6.54 Å². The van der Waals surface area contributed by atoms with Gasteiger partial charge in [-0.2, -0.15) is 18.4 Å². The number of benzene rings is 1. The summed E-state index contributed by atoms with van der Waals surface area (Å²) < 4.78 is 69.3. The van der Waals surface area contributed by atoms with Gasteiger partial charge in [-0.1, -0.05) is 0 Å². The maximum Gasteiger partial charge on any atom is 0.424 e. The second-order valence-corrected chi connectivity index (χ2v) is 8.40. The number of nitrogens with zero attached hydrogens (tertiary/aromatic N) is 5. The molecule has 0 bridgehead atoms. The number of fused-ring (bicyclic) bond motifs is 1. The van der Waals surface area contributed by atoms with Crippen LogP contribution in [0.3, 0.4) is 0 Å². The molecule has 0 aliphatic carbocycles. The number of alkyl halides is 3. The van der Waals surface area contributed by atoms with E-state index in [9.17, 15) is 37.1 Å². The van der Waals surface area contributed by atoms with Gasteiger partial charge < -0.3 is 14.6 Å². The van der Waals surface area contributed by atoms with Crippen molar-refractivity contribution in [2.45, 2.75) is 38.2 Å². The normalized spacial score (nSPS) is 17.5. The minimum Gasteiger partial charge on any atom is -0.374 e. The molecule has 182 valence electrons. The molecule has 4 rings (SSSR count). The summed E-state index contributed by atoms with van der Waals surface area (Å²) in [4.78, 5) is 22.1. The minimum atomic E-state index is -4.96. The van der Waals surface area contributed by atoms with Crippen LogP contribution in [0.5, 0.6) is 0 Å². The van der Waals surface area contributed by atoms with E-state index in [1.807, 2.05) is 0 Å². The van der Waals surface area contributed by atoms with Gasteiger partial charge >= 0.3 is 6.18 Å². The maximum absolute atomic E-state index is 14.6. The Hall–Kier alpha value is -3.85. The van der Waals surface area contributed by atoms with Crippen molar-refractivity contribution >= 4 is 5.91 Å². The van der Waals surface area contributed by atoms with Gasteiger partial charge in [0.1, 0.15) is 17.7 Å². The van der Waals surface area contributed by atoms with E-state index in [0.717, 1.165) is 18.3 Å². The number of rotatable bonds is 3. The lowest BCUT2D eigenvalue weighted by molar-refractivity contribution is -0.263. The van der Waals surface area contributed by atoms with Gasteiger partial charge in [-0.25, -0.2) is 13.8 Å². The molecule has 0 spiro atoms. The van der Waals surface area contributed by atoms with Crippen molar-refractivity contribution in [3.63, 3.8) is 0 Å². The largest absolute Gasteiger partial charge is 0.424 e. The summed E-state index contributed by atoms with van der Waals surface area (Å²) in [6, 6.07) is 5.42. The Morgan fingerprint density at radius 3 is 2.57 bits per heavy atom. The molecule has 1 aliphatic heterocycles. The first-order valence-corrected chi connectivity index (χ1v) is 10.4. The van der Waals surface area contributed by atoms with Crippen molar-refractivity contribution in [1.29, 1.82) is 5.26 Å². The molecule has 0 saturated heterocycles. The fraction of sp³-hybridized carbons (Fsp3) is 0.304. The zero-order valence-corrected chi connectivity index (χ0v) is 18.4. The van der Waals surface area contributed by atoms with Gasteiger partial charge in [-0.05, 0) is 38.1 Å². The van der Waals surface area contributed by atoms with Gasteiger partial charge in [0.2, 0.25) is 5.60 Å². The topological polar surface area (TPSA) is 95.0 Å². The second-order valence-electron chi connectivity index (χ2n) is 8.40. The summed E-state index contributed by atoms with van der Waals surface area (Å²) in [6.45, 7) is 2.09. The molecule has 1 aliphatic rings. The molecule has 0 saturated carbocycles. The molecule has 2 aromatic heterocycles. The van der Waals surface area contributed by atoms with Crippen LogP contribution in [0.15, 0.2) is 36.7 Å². The zero-order valence-electron chi connectivity index (χ0n) is 18.4. The average molecular weight is 491 g/mol. The summed E-state index contributed by atoms with van der Waals surface area (Å²) in [5.74, 6) is -2.67. The standard InChI is InChI=1S/C23H18F5N5O2/c1-12-10-32(11-16-9-31-21(33(12)16)22(2,35)23(26,27)28)20(34)13-3-4-18(25)17(6-13)19-14(7-29)5-15(24)8-30-19/h3-6,8-9,12,35H,10-11H2,1-2H3/t12-,22?/m0/s1. The van der Waals surface area contributed by atoms with Gasteiger partial charge in [0.15, 0.2) is 5.82 Å². The first kappa shape index (κ1) is 24.3. The predicted octanol–water partition coefficient (Wildman–Crippen LogP) is 4.08. The quantitative estimate of drug-likeness (QED) is 0.557. The Kier molecular flexibility index (Phi) is 5.84. The highest BCUT2D eigenvalue weighted by Gasteiger charge is 2.55. The number of carbonyl (C=O) groups excluding carboxylic acids is 1. The lowest BCUT2D eigenvalue weighted by Gasteiger charge is -2.36. The number of hydrogen-bond acceptors (Lipinski definition) is 5. The molecule has 0 radical (unpaired) electrons. The van der Waals surface area contributed by atoms with Crippen molar-refractivity contribution in [1.82, 2.24) is 19.4 Å². The fourth-order valence-corrected chi connectivity index (χ4v) is 4.07. The third-order valence-electron chi connectivity index (χ3n) is 5.87. The molecule has 1 unspecified atom stereocenters.